The summed E-state index contributed by atoms with van der Waals surface area (Å²) in [7, 11) is 1.99. The molecular weight excluding hydrogens is 266 g/mol. The van der Waals surface area contributed by atoms with Gasteiger partial charge in [0.15, 0.2) is 12.4 Å². The van der Waals surface area contributed by atoms with Crippen LogP contribution in [0, 0.1) is 0 Å². The van der Waals surface area contributed by atoms with E-state index in [1.807, 2.05) is 36.1 Å². The third-order valence-corrected chi connectivity index (χ3v) is 4.00. The molecule has 0 radical (unpaired) electrons. The Morgan fingerprint density at radius 3 is 2.29 bits per heavy atom. The number of hydrogen-bond acceptors (Lipinski definition) is 3. The first-order valence-corrected chi connectivity index (χ1v) is 7.17. The normalized spacial score (nSPS) is 25.2. The lowest BCUT2D eigenvalue weighted by atomic mass is 10.0. The van der Waals surface area contributed by atoms with Gasteiger partial charge in [-0.3, -0.25) is 0 Å². The van der Waals surface area contributed by atoms with Crippen LogP contribution in [0.25, 0.3) is 11.1 Å². The molecule has 1 unspecified atom stereocenters. The van der Waals surface area contributed by atoms with Crippen molar-refractivity contribution in [2.24, 2.45) is 7.05 Å². The summed E-state index contributed by atoms with van der Waals surface area (Å²) in [6, 6.07) is 12.3. The summed E-state index contributed by atoms with van der Waals surface area (Å²) in [5, 5.41) is 18.9. The maximum atomic E-state index is 9.79. The third kappa shape index (κ3) is 2.97. The van der Waals surface area contributed by atoms with Gasteiger partial charge >= 0.3 is 0 Å². The average Bonchev–Trinajstić information content (AvgIpc) is 2.89. The van der Waals surface area contributed by atoms with Crippen molar-refractivity contribution in [2.45, 2.75) is 24.7 Å². The largest absolute Gasteiger partial charge is 0.394 e. The van der Waals surface area contributed by atoms with E-state index < -0.39 is 12.2 Å². The molecule has 0 spiro atoms. The van der Waals surface area contributed by atoms with Crippen LogP contribution in [-0.4, -0.2) is 29.0 Å². The Kier molecular flexibility index (Phi) is 4.01. The van der Waals surface area contributed by atoms with Crippen molar-refractivity contribution in [3.8, 4) is 11.1 Å². The van der Waals surface area contributed by atoms with Gasteiger partial charge in [0.2, 0.25) is 0 Å². The van der Waals surface area contributed by atoms with E-state index in [1.54, 1.807) is 0 Å². The molecule has 1 aliphatic heterocycles. The van der Waals surface area contributed by atoms with Crippen LogP contribution in [0.5, 0.6) is 0 Å². The first-order chi connectivity index (χ1) is 10.2. The Bertz CT molecular complexity index is 594. The molecule has 3 atom stereocenters. The smallest absolute Gasteiger partial charge is 0.169 e. The molecule has 4 nitrogen and oxygen atoms in total. The van der Waals surface area contributed by atoms with Crippen LogP contribution >= 0.6 is 0 Å². The van der Waals surface area contributed by atoms with Gasteiger partial charge in [0.05, 0.1) is 18.8 Å². The van der Waals surface area contributed by atoms with E-state index in [9.17, 15) is 5.11 Å². The lowest BCUT2D eigenvalue weighted by Crippen LogP contribution is -2.25. The second-order valence-corrected chi connectivity index (χ2v) is 5.52. The lowest BCUT2D eigenvalue weighted by Gasteiger charge is -2.12. The summed E-state index contributed by atoms with van der Waals surface area (Å²) in [6.45, 7) is -0.142. The molecule has 2 N–H and O–H groups in total. The van der Waals surface area contributed by atoms with E-state index in [1.165, 1.54) is 5.56 Å². The van der Waals surface area contributed by atoms with E-state index >= 15 is 0 Å². The molecule has 1 fully saturated rings. The zero-order chi connectivity index (χ0) is 14.8. The molecule has 0 amide bonds. The van der Waals surface area contributed by atoms with Crippen LogP contribution < -0.4 is 4.57 Å². The fraction of sp³-hybridized carbons (Fsp3) is 0.353. The van der Waals surface area contributed by atoms with Crippen molar-refractivity contribution in [3.63, 3.8) is 0 Å². The number of aliphatic hydroxyl groups excluding tert-OH is 2. The predicted octanol–water partition coefficient (Wildman–Crippen LogP) is 1.36. The molecule has 1 aromatic heterocycles. The molecule has 3 rings (SSSR count). The maximum absolute atomic E-state index is 9.79. The molecule has 0 saturated carbocycles. The van der Waals surface area contributed by atoms with Gasteiger partial charge in [0.25, 0.3) is 0 Å². The summed E-state index contributed by atoms with van der Waals surface area (Å²) in [5.74, 6) is 0. The number of aryl methyl sites for hydroxylation is 1. The summed E-state index contributed by atoms with van der Waals surface area (Å²) >= 11 is 0. The number of hydrogen-bond donors (Lipinski definition) is 2. The first-order valence-electron chi connectivity index (χ1n) is 7.17. The number of aromatic nitrogens is 1. The molecular formula is C17H20NO3+. The van der Waals surface area contributed by atoms with Crippen molar-refractivity contribution in [1.82, 2.24) is 0 Å². The van der Waals surface area contributed by atoms with Gasteiger partial charge in [-0.1, -0.05) is 24.3 Å². The van der Waals surface area contributed by atoms with E-state index in [0.717, 1.165) is 11.1 Å². The number of nitrogens with zero attached hydrogens (tertiary/aromatic N) is 1. The molecule has 4 heteroatoms. The molecule has 110 valence electrons. The van der Waals surface area contributed by atoms with Crippen LogP contribution in [0.15, 0.2) is 48.8 Å². The highest BCUT2D eigenvalue weighted by Crippen LogP contribution is 2.33. The van der Waals surface area contributed by atoms with E-state index in [4.69, 9.17) is 9.84 Å². The minimum atomic E-state index is -0.589. The highest BCUT2D eigenvalue weighted by atomic mass is 16.5. The quantitative estimate of drug-likeness (QED) is 0.838. The zero-order valence-corrected chi connectivity index (χ0v) is 12.0. The second-order valence-electron chi connectivity index (χ2n) is 5.52. The van der Waals surface area contributed by atoms with Gasteiger partial charge in [-0.15, -0.1) is 0 Å². The SMILES string of the molecule is C[n+]1ccc(-c2ccc(C3C[C@H](O)[C@@H](CO)O3)cc2)cc1. The number of ether oxygens (including phenoxy) is 1. The van der Waals surface area contributed by atoms with Crippen LogP contribution in [-0.2, 0) is 11.8 Å². The third-order valence-electron chi connectivity index (χ3n) is 4.00. The van der Waals surface area contributed by atoms with Crippen molar-refractivity contribution in [2.75, 3.05) is 6.61 Å². The number of aliphatic hydroxyl groups is 2. The summed E-state index contributed by atoms with van der Waals surface area (Å²) in [6.07, 6.45) is 3.38. The van der Waals surface area contributed by atoms with Gasteiger partial charge in [-0.05, 0) is 16.7 Å². The fourth-order valence-electron chi connectivity index (χ4n) is 2.69. The van der Waals surface area contributed by atoms with Gasteiger partial charge < -0.3 is 14.9 Å². The zero-order valence-electron chi connectivity index (χ0n) is 12.0. The summed E-state index contributed by atoms with van der Waals surface area (Å²) in [4.78, 5) is 0. The van der Waals surface area contributed by atoms with E-state index in [-0.39, 0.29) is 12.7 Å². The Hall–Kier alpha value is -1.75. The Morgan fingerprint density at radius 1 is 1.10 bits per heavy atom. The van der Waals surface area contributed by atoms with Crippen LogP contribution in [0.3, 0.4) is 0 Å². The molecule has 2 heterocycles. The molecule has 1 aliphatic rings. The standard InChI is InChI=1S/C17H20NO3/c1-18-8-6-13(7-9-18)12-2-4-14(5-3-12)16-10-15(20)17(11-19)21-16/h2-9,15-17,19-20H,10-11H2,1H3/q+1/t15-,16?,17+/m0/s1. The first kappa shape index (κ1) is 14.2. The van der Waals surface area contributed by atoms with Gasteiger partial charge in [-0.25, -0.2) is 4.57 Å². The van der Waals surface area contributed by atoms with E-state index in [0.29, 0.717) is 6.42 Å². The topological polar surface area (TPSA) is 53.6 Å². The Morgan fingerprint density at radius 2 is 1.71 bits per heavy atom. The number of rotatable bonds is 3. The highest BCUT2D eigenvalue weighted by Gasteiger charge is 2.34. The van der Waals surface area contributed by atoms with Crippen molar-refractivity contribution in [1.29, 1.82) is 0 Å². The Labute approximate surface area is 124 Å². The molecule has 2 aromatic rings. The van der Waals surface area contributed by atoms with E-state index in [2.05, 4.69) is 24.3 Å². The molecule has 21 heavy (non-hydrogen) atoms. The van der Waals surface area contributed by atoms with Crippen molar-refractivity contribution < 1.29 is 19.5 Å². The molecule has 1 aromatic carbocycles. The lowest BCUT2D eigenvalue weighted by molar-refractivity contribution is -0.671. The van der Waals surface area contributed by atoms with Crippen molar-refractivity contribution >= 4 is 0 Å². The Balaban J connectivity index is 1.77. The van der Waals surface area contributed by atoms with Gasteiger partial charge in [0.1, 0.15) is 13.2 Å². The number of pyridine rings is 1. The van der Waals surface area contributed by atoms with Gasteiger partial charge in [0, 0.05) is 18.6 Å². The molecule has 0 bridgehead atoms. The fourth-order valence-corrected chi connectivity index (χ4v) is 2.69. The minimum absolute atomic E-state index is 0.139. The predicted molar refractivity (Wildman–Crippen MR) is 78.4 cm³/mol. The van der Waals surface area contributed by atoms with Crippen LogP contribution in [0.2, 0.25) is 0 Å². The number of benzene rings is 1. The van der Waals surface area contributed by atoms with Crippen LogP contribution in [0.4, 0.5) is 0 Å². The second kappa shape index (κ2) is 5.93. The maximum Gasteiger partial charge on any atom is 0.169 e. The molecule has 1 saturated heterocycles. The summed E-state index contributed by atoms with van der Waals surface area (Å²) in [5.41, 5.74) is 3.35. The average molecular weight is 286 g/mol. The minimum Gasteiger partial charge on any atom is -0.394 e. The summed E-state index contributed by atoms with van der Waals surface area (Å²) < 4.78 is 7.67. The monoisotopic (exact) mass is 286 g/mol. The van der Waals surface area contributed by atoms with Gasteiger partial charge in [-0.2, -0.15) is 0 Å². The van der Waals surface area contributed by atoms with Crippen molar-refractivity contribution in [3.05, 3.63) is 54.4 Å². The van der Waals surface area contributed by atoms with Crippen LogP contribution in [0.1, 0.15) is 18.1 Å². The molecule has 0 aliphatic carbocycles. The highest BCUT2D eigenvalue weighted by molar-refractivity contribution is 5.62.